The van der Waals surface area contributed by atoms with Gasteiger partial charge in [-0.05, 0) is 56.2 Å². The molecular formula is C17H26N2. The second-order valence-corrected chi connectivity index (χ2v) is 5.62. The maximum absolute atomic E-state index is 5.85. The Morgan fingerprint density at radius 2 is 1.89 bits per heavy atom. The van der Waals surface area contributed by atoms with Crippen LogP contribution in [0.1, 0.15) is 61.3 Å². The number of rotatable bonds is 3. The molecule has 1 aromatic carbocycles. The van der Waals surface area contributed by atoms with Gasteiger partial charge in [0.25, 0.3) is 0 Å². The van der Waals surface area contributed by atoms with Crippen LogP contribution in [0.2, 0.25) is 0 Å². The van der Waals surface area contributed by atoms with Crippen molar-refractivity contribution >= 4 is 0 Å². The summed E-state index contributed by atoms with van der Waals surface area (Å²) in [5, 5.41) is 0. The van der Waals surface area contributed by atoms with Gasteiger partial charge in [0.15, 0.2) is 0 Å². The Morgan fingerprint density at radius 1 is 1.11 bits per heavy atom. The topological polar surface area (TPSA) is 38.0 Å². The molecule has 0 spiro atoms. The fourth-order valence-corrected chi connectivity index (χ4v) is 2.96. The number of nitrogens with one attached hydrogen (secondary N) is 1. The number of nitrogens with two attached hydrogens (primary N) is 1. The smallest absolute Gasteiger partial charge is 0.0672 e. The van der Waals surface area contributed by atoms with Crippen molar-refractivity contribution in [3.8, 4) is 0 Å². The summed E-state index contributed by atoms with van der Waals surface area (Å²) in [7, 11) is 0. The molecule has 0 saturated heterocycles. The Bertz CT molecular complexity index is 449. The molecule has 104 valence electrons. The van der Waals surface area contributed by atoms with Crippen molar-refractivity contribution < 1.29 is 0 Å². The highest BCUT2D eigenvalue weighted by atomic mass is 15.2. The quantitative estimate of drug-likeness (QED) is 0.487. The molecule has 1 unspecified atom stereocenters. The highest BCUT2D eigenvalue weighted by Crippen LogP contribution is 2.30. The van der Waals surface area contributed by atoms with Crippen molar-refractivity contribution in [1.29, 1.82) is 0 Å². The van der Waals surface area contributed by atoms with Gasteiger partial charge in [0.2, 0.25) is 0 Å². The molecule has 0 saturated carbocycles. The van der Waals surface area contributed by atoms with Gasteiger partial charge < -0.3 is 0 Å². The summed E-state index contributed by atoms with van der Waals surface area (Å²) in [5.41, 5.74) is 8.52. The molecule has 1 aliphatic rings. The van der Waals surface area contributed by atoms with Crippen LogP contribution in [0.15, 0.2) is 29.8 Å². The van der Waals surface area contributed by atoms with Gasteiger partial charge in [-0.15, -0.1) is 0 Å². The molecule has 0 aromatic heterocycles. The van der Waals surface area contributed by atoms with Gasteiger partial charge in [-0.1, -0.05) is 42.7 Å². The first-order valence-electron chi connectivity index (χ1n) is 7.45. The predicted octanol–water partition coefficient (Wildman–Crippen LogP) is 4.09. The summed E-state index contributed by atoms with van der Waals surface area (Å²) in [6, 6.07) is 6.68. The van der Waals surface area contributed by atoms with E-state index in [4.69, 9.17) is 5.84 Å². The van der Waals surface area contributed by atoms with Crippen molar-refractivity contribution in [3.05, 3.63) is 46.5 Å². The third kappa shape index (κ3) is 3.46. The lowest BCUT2D eigenvalue weighted by Gasteiger charge is -2.24. The molecule has 1 aliphatic carbocycles. The van der Waals surface area contributed by atoms with Gasteiger partial charge in [0, 0.05) is 0 Å². The first kappa shape index (κ1) is 14.3. The maximum atomic E-state index is 5.85. The molecule has 2 rings (SSSR count). The summed E-state index contributed by atoms with van der Waals surface area (Å²) in [5.74, 6) is 5.85. The minimum absolute atomic E-state index is 0.179. The van der Waals surface area contributed by atoms with Gasteiger partial charge in [-0.25, -0.2) is 5.43 Å². The second-order valence-electron chi connectivity index (χ2n) is 5.62. The van der Waals surface area contributed by atoms with Crippen LogP contribution in [0.4, 0.5) is 0 Å². The highest BCUT2D eigenvalue weighted by molar-refractivity contribution is 5.39. The second kappa shape index (κ2) is 6.88. The van der Waals surface area contributed by atoms with Crippen LogP contribution in [-0.2, 0) is 0 Å². The highest BCUT2D eigenvalue weighted by Gasteiger charge is 2.18. The normalized spacial score (nSPS) is 21.1. The van der Waals surface area contributed by atoms with Crippen molar-refractivity contribution in [1.82, 2.24) is 5.43 Å². The lowest BCUT2D eigenvalue weighted by molar-refractivity contribution is 0.553. The zero-order valence-electron chi connectivity index (χ0n) is 12.2. The molecular weight excluding hydrogens is 232 g/mol. The summed E-state index contributed by atoms with van der Waals surface area (Å²) in [6.07, 6.45) is 10.1. The van der Waals surface area contributed by atoms with E-state index in [9.17, 15) is 0 Å². The molecule has 1 aromatic rings. The van der Waals surface area contributed by atoms with E-state index in [1.807, 2.05) is 0 Å². The number of allylic oxidation sites excluding steroid dienone is 1. The van der Waals surface area contributed by atoms with Crippen molar-refractivity contribution in [2.75, 3.05) is 0 Å². The molecule has 2 heteroatoms. The Morgan fingerprint density at radius 3 is 2.68 bits per heavy atom. The molecule has 2 nitrogen and oxygen atoms in total. The Kier molecular flexibility index (Phi) is 5.17. The van der Waals surface area contributed by atoms with Crippen LogP contribution >= 0.6 is 0 Å². The van der Waals surface area contributed by atoms with Gasteiger partial charge in [0.1, 0.15) is 0 Å². The average molecular weight is 258 g/mol. The van der Waals surface area contributed by atoms with E-state index in [0.717, 1.165) is 0 Å². The van der Waals surface area contributed by atoms with E-state index >= 15 is 0 Å². The monoisotopic (exact) mass is 258 g/mol. The van der Waals surface area contributed by atoms with Crippen LogP contribution in [0.25, 0.3) is 0 Å². The van der Waals surface area contributed by atoms with Crippen molar-refractivity contribution in [2.45, 2.75) is 58.4 Å². The minimum atomic E-state index is 0.179. The van der Waals surface area contributed by atoms with Gasteiger partial charge in [-0.3, -0.25) is 5.84 Å². The zero-order chi connectivity index (χ0) is 13.7. The summed E-state index contributed by atoms with van der Waals surface area (Å²) >= 11 is 0. The van der Waals surface area contributed by atoms with Crippen LogP contribution in [-0.4, -0.2) is 0 Å². The fraction of sp³-hybridized carbons (Fsp3) is 0.529. The lowest BCUT2D eigenvalue weighted by atomic mass is 9.88. The third-order valence-electron chi connectivity index (χ3n) is 4.32. The zero-order valence-corrected chi connectivity index (χ0v) is 12.2. The number of benzene rings is 1. The van der Waals surface area contributed by atoms with Gasteiger partial charge in [0.05, 0.1) is 6.04 Å². The minimum Gasteiger partial charge on any atom is -0.271 e. The number of hydrogen-bond donors (Lipinski definition) is 2. The number of hydrazine groups is 1. The molecule has 3 N–H and O–H groups in total. The van der Waals surface area contributed by atoms with E-state index in [2.05, 4.69) is 43.5 Å². The van der Waals surface area contributed by atoms with Crippen LogP contribution in [0, 0.1) is 13.8 Å². The van der Waals surface area contributed by atoms with E-state index in [0.29, 0.717) is 0 Å². The first-order chi connectivity index (χ1) is 9.24. The fourth-order valence-electron chi connectivity index (χ4n) is 2.96. The van der Waals surface area contributed by atoms with Crippen molar-refractivity contribution in [3.63, 3.8) is 0 Å². The molecule has 0 radical (unpaired) electrons. The number of aryl methyl sites for hydroxylation is 1. The van der Waals surface area contributed by atoms with Crippen LogP contribution in [0.3, 0.4) is 0 Å². The van der Waals surface area contributed by atoms with E-state index in [1.165, 1.54) is 60.8 Å². The molecule has 0 bridgehead atoms. The first-order valence-corrected chi connectivity index (χ1v) is 7.45. The largest absolute Gasteiger partial charge is 0.271 e. The predicted molar refractivity (Wildman–Crippen MR) is 81.8 cm³/mol. The maximum Gasteiger partial charge on any atom is 0.0672 e. The Balaban J connectivity index is 2.30. The Hall–Kier alpha value is -1.12. The van der Waals surface area contributed by atoms with Crippen molar-refractivity contribution in [2.24, 2.45) is 5.84 Å². The standard InChI is InChI=1S/C17H26N2/c1-13-9-8-12-16(14(13)2)17(19-18)15-10-6-4-3-5-7-11-15/h8-10,12,17,19H,3-7,11,18H2,1-2H3/b15-10+. The lowest BCUT2D eigenvalue weighted by Crippen LogP contribution is -2.30. The van der Waals surface area contributed by atoms with Crippen LogP contribution < -0.4 is 11.3 Å². The third-order valence-corrected chi connectivity index (χ3v) is 4.32. The summed E-state index contributed by atoms with van der Waals surface area (Å²) in [6.45, 7) is 4.36. The number of hydrogen-bond acceptors (Lipinski definition) is 2. The Labute approximate surface area is 117 Å². The summed E-state index contributed by atoms with van der Waals surface area (Å²) in [4.78, 5) is 0. The SMILES string of the molecule is Cc1cccc(C(NN)/C2=C/CCCCCC2)c1C. The molecule has 0 fully saturated rings. The molecule has 1 atom stereocenters. The van der Waals surface area contributed by atoms with Gasteiger partial charge in [-0.2, -0.15) is 0 Å². The molecule has 0 amide bonds. The molecule has 0 heterocycles. The van der Waals surface area contributed by atoms with E-state index in [1.54, 1.807) is 0 Å². The molecule has 19 heavy (non-hydrogen) atoms. The van der Waals surface area contributed by atoms with E-state index in [-0.39, 0.29) is 6.04 Å². The average Bonchev–Trinajstić information content (AvgIpc) is 2.37. The van der Waals surface area contributed by atoms with E-state index < -0.39 is 0 Å². The van der Waals surface area contributed by atoms with Crippen LogP contribution in [0.5, 0.6) is 0 Å². The summed E-state index contributed by atoms with van der Waals surface area (Å²) < 4.78 is 0. The molecule has 0 aliphatic heterocycles. The van der Waals surface area contributed by atoms with Gasteiger partial charge >= 0.3 is 0 Å².